The summed E-state index contributed by atoms with van der Waals surface area (Å²) in [5, 5.41) is 2.84. The number of carbonyl (C=O) groups excluding carboxylic acids is 2. The minimum atomic E-state index is -0.857. The van der Waals surface area contributed by atoms with Crippen LogP contribution < -0.4 is 19.5 Å². The van der Waals surface area contributed by atoms with Crippen LogP contribution in [0.3, 0.4) is 0 Å². The van der Waals surface area contributed by atoms with E-state index in [2.05, 4.69) is 11.4 Å². The Hall–Kier alpha value is -2.70. The fraction of sp³-hybridized carbons (Fsp3) is 0.545. The molecule has 1 atom stereocenters. The summed E-state index contributed by atoms with van der Waals surface area (Å²) in [5.41, 5.74) is 2.03. The third kappa shape index (κ3) is 6.69. The van der Waals surface area contributed by atoms with Gasteiger partial charge in [0.05, 0.1) is 27.8 Å². The zero-order valence-electron chi connectivity index (χ0n) is 17.7. The zero-order chi connectivity index (χ0) is 21.2. The van der Waals surface area contributed by atoms with Crippen molar-refractivity contribution in [3.63, 3.8) is 0 Å². The second-order valence-electron chi connectivity index (χ2n) is 6.99. The van der Waals surface area contributed by atoms with E-state index in [4.69, 9.17) is 18.9 Å². The third-order valence-electron chi connectivity index (χ3n) is 4.88. The van der Waals surface area contributed by atoms with Gasteiger partial charge in [0.1, 0.15) is 0 Å². The lowest BCUT2D eigenvalue weighted by molar-refractivity contribution is -0.154. The van der Waals surface area contributed by atoms with Gasteiger partial charge in [0.2, 0.25) is 5.75 Å². The monoisotopic (exact) mass is 405 g/mol. The number of hydrogen-bond donors (Lipinski definition) is 1. The molecular formula is C22H31NO6. The van der Waals surface area contributed by atoms with Crippen molar-refractivity contribution in [2.24, 2.45) is 0 Å². The van der Waals surface area contributed by atoms with Crippen LogP contribution >= 0.6 is 0 Å². The predicted octanol–water partition coefficient (Wildman–Crippen LogP) is 3.19. The van der Waals surface area contributed by atoms with Crippen LogP contribution in [0.5, 0.6) is 17.2 Å². The maximum absolute atomic E-state index is 12.3. The van der Waals surface area contributed by atoms with E-state index in [1.54, 1.807) is 19.1 Å². The standard InChI is InChI=1S/C22H31NO6/c1-15(22(25)23-11-10-16-8-6-5-7-9-16)29-20(24)14-17-12-18(26-2)21(28-4)19(13-17)27-3/h8,12-13,15H,5-7,9-11,14H2,1-4H3,(H,23,25)/t15-/m1/s1. The van der Waals surface area contributed by atoms with E-state index in [1.165, 1.54) is 39.7 Å². The number of methoxy groups -OCH3 is 3. The van der Waals surface area contributed by atoms with E-state index < -0.39 is 12.1 Å². The number of amides is 1. The Labute approximate surface area is 172 Å². The van der Waals surface area contributed by atoms with E-state index in [9.17, 15) is 9.59 Å². The molecule has 2 rings (SSSR count). The highest BCUT2D eigenvalue weighted by Crippen LogP contribution is 2.38. The van der Waals surface area contributed by atoms with Crippen LogP contribution in [0.25, 0.3) is 0 Å². The molecule has 1 aliphatic carbocycles. The number of nitrogens with one attached hydrogen (secondary N) is 1. The summed E-state index contributed by atoms with van der Waals surface area (Å²) < 4.78 is 21.1. The number of benzene rings is 1. The zero-order valence-corrected chi connectivity index (χ0v) is 17.7. The molecule has 0 saturated carbocycles. The lowest BCUT2D eigenvalue weighted by Crippen LogP contribution is -2.36. The highest BCUT2D eigenvalue weighted by molar-refractivity contribution is 5.84. The first-order valence-corrected chi connectivity index (χ1v) is 9.92. The average Bonchev–Trinajstić information content (AvgIpc) is 2.73. The van der Waals surface area contributed by atoms with Crippen LogP contribution in [-0.4, -0.2) is 45.9 Å². The molecule has 7 nitrogen and oxygen atoms in total. The Bertz CT molecular complexity index is 718. The summed E-state index contributed by atoms with van der Waals surface area (Å²) in [4.78, 5) is 24.5. The Morgan fingerprint density at radius 1 is 1.07 bits per heavy atom. The molecule has 1 aliphatic rings. The van der Waals surface area contributed by atoms with Crippen molar-refractivity contribution in [3.05, 3.63) is 29.3 Å². The fourth-order valence-corrected chi connectivity index (χ4v) is 3.32. The number of carbonyl (C=O) groups is 2. The molecular weight excluding hydrogens is 374 g/mol. The maximum Gasteiger partial charge on any atom is 0.311 e. The summed E-state index contributed by atoms with van der Waals surface area (Å²) in [6, 6.07) is 3.37. The smallest absolute Gasteiger partial charge is 0.311 e. The predicted molar refractivity (Wildman–Crippen MR) is 110 cm³/mol. The minimum Gasteiger partial charge on any atom is -0.493 e. The third-order valence-corrected chi connectivity index (χ3v) is 4.88. The van der Waals surface area contributed by atoms with Crippen molar-refractivity contribution in [2.75, 3.05) is 27.9 Å². The quantitative estimate of drug-likeness (QED) is 0.475. The van der Waals surface area contributed by atoms with Crippen LogP contribution in [0, 0.1) is 0 Å². The summed E-state index contributed by atoms with van der Waals surface area (Å²) >= 11 is 0. The van der Waals surface area contributed by atoms with Gasteiger partial charge in [-0.15, -0.1) is 0 Å². The molecule has 0 bridgehead atoms. The Balaban J connectivity index is 1.86. The minimum absolute atomic E-state index is 0.0127. The molecule has 0 fully saturated rings. The topological polar surface area (TPSA) is 83.1 Å². The summed E-state index contributed by atoms with van der Waals surface area (Å²) in [6.45, 7) is 2.13. The van der Waals surface area contributed by atoms with Gasteiger partial charge < -0.3 is 24.3 Å². The van der Waals surface area contributed by atoms with Crippen molar-refractivity contribution in [2.45, 2.75) is 51.6 Å². The summed E-state index contributed by atoms with van der Waals surface area (Å²) in [5.74, 6) is 0.569. The molecule has 1 aromatic rings. The average molecular weight is 405 g/mol. The first-order valence-electron chi connectivity index (χ1n) is 9.92. The van der Waals surface area contributed by atoms with Gasteiger partial charge in [-0.25, -0.2) is 0 Å². The first kappa shape index (κ1) is 22.6. The lowest BCUT2D eigenvalue weighted by Gasteiger charge is -2.16. The lowest BCUT2D eigenvalue weighted by atomic mass is 9.97. The van der Waals surface area contributed by atoms with Crippen LogP contribution in [0.15, 0.2) is 23.8 Å². The Morgan fingerprint density at radius 3 is 2.31 bits per heavy atom. The number of hydrogen-bond acceptors (Lipinski definition) is 6. The van der Waals surface area contributed by atoms with Gasteiger partial charge in [0, 0.05) is 6.54 Å². The van der Waals surface area contributed by atoms with Crippen molar-refractivity contribution in [3.8, 4) is 17.2 Å². The molecule has 1 aromatic carbocycles. The van der Waals surface area contributed by atoms with Crippen molar-refractivity contribution in [1.29, 1.82) is 0 Å². The molecule has 29 heavy (non-hydrogen) atoms. The normalized spacial score (nSPS) is 14.4. The van der Waals surface area contributed by atoms with Crippen molar-refractivity contribution >= 4 is 11.9 Å². The maximum atomic E-state index is 12.3. The van der Waals surface area contributed by atoms with Gasteiger partial charge in [-0.3, -0.25) is 9.59 Å². The van der Waals surface area contributed by atoms with Crippen LogP contribution in [0.4, 0.5) is 0 Å². The van der Waals surface area contributed by atoms with Crippen LogP contribution in [0.1, 0.15) is 44.6 Å². The highest BCUT2D eigenvalue weighted by Gasteiger charge is 2.20. The molecule has 0 aliphatic heterocycles. The molecule has 0 heterocycles. The van der Waals surface area contributed by atoms with E-state index in [0.29, 0.717) is 29.4 Å². The van der Waals surface area contributed by atoms with E-state index >= 15 is 0 Å². The molecule has 0 spiro atoms. The summed E-state index contributed by atoms with van der Waals surface area (Å²) in [6.07, 6.45) is 6.93. The number of esters is 1. The van der Waals surface area contributed by atoms with Crippen molar-refractivity contribution < 1.29 is 28.5 Å². The molecule has 1 amide bonds. The molecule has 7 heteroatoms. The Morgan fingerprint density at radius 2 is 1.76 bits per heavy atom. The van der Waals surface area contributed by atoms with Crippen LogP contribution in [0.2, 0.25) is 0 Å². The van der Waals surface area contributed by atoms with Gasteiger partial charge in [-0.05, 0) is 56.7 Å². The highest BCUT2D eigenvalue weighted by atomic mass is 16.5. The number of allylic oxidation sites excluding steroid dienone is 1. The molecule has 0 unspecified atom stereocenters. The molecule has 0 radical (unpaired) electrons. The molecule has 160 valence electrons. The van der Waals surface area contributed by atoms with Gasteiger partial charge in [-0.2, -0.15) is 0 Å². The van der Waals surface area contributed by atoms with E-state index in [1.807, 2.05) is 0 Å². The second-order valence-corrected chi connectivity index (χ2v) is 6.99. The van der Waals surface area contributed by atoms with E-state index in [-0.39, 0.29) is 12.3 Å². The molecule has 0 saturated heterocycles. The van der Waals surface area contributed by atoms with Crippen molar-refractivity contribution in [1.82, 2.24) is 5.32 Å². The van der Waals surface area contributed by atoms with Gasteiger partial charge in [0.15, 0.2) is 17.6 Å². The first-order chi connectivity index (χ1) is 14.0. The Kier molecular flexibility index (Phi) is 8.83. The molecule has 1 N–H and O–H groups in total. The number of ether oxygens (including phenoxy) is 4. The van der Waals surface area contributed by atoms with Gasteiger partial charge >= 0.3 is 5.97 Å². The van der Waals surface area contributed by atoms with Crippen LogP contribution in [-0.2, 0) is 20.7 Å². The fourth-order valence-electron chi connectivity index (χ4n) is 3.32. The SMILES string of the molecule is COc1cc(CC(=O)O[C@H](C)C(=O)NCCC2=CCCCC2)cc(OC)c1OC. The van der Waals surface area contributed by atoms with Gasteiger partial charge in [0.25, 0.3) is 5.91 Å². The molecule has 0 aromatic heterocycles. The summed E-state index contributed by atoms with van der Waals surface area (Å²) in [7, 11) is 4.53. The number of rotatable bonds is 10. The second kappa shape index (κ2) is 11.3. The van der Waals surface area contributed by atoms with Gasteiger partial charge in [-0.1, -0.05) is 11.6 Å². The largest absolute Gasteiger partial charge is 0.493 e. The van der Waals surface area contributed by atoms with E-state index in [0.717, 1.165) is 19.3 Å².